The Bertz CT molecular complexity index is 1120. The minimum Gasteiger partial charge on any atom is -0.488 e. The molecule has 148 valence electrons. The predicted molar refractivity (Wildman–Crippen MR) is 122 cm³/mol. The second-order valence-corrected chi connectivity index (χ2v) is 7.54. The molecule has 0 spiro atoms. The third-order valence-corrected chi connectivity index (χ3v) is 5.29. The maximum atomic E-state index is 12.2. The molecule has 0 radical (unpaired) electrons. The summed E-state index contributed by atoms with van der Waals surface area (Å²) in [5, 5.41) is 5.95. The molecule has 4 rings (SSSR count). The minimum atomic E-state index is -0.246. The average Bonchev–Trinajstić information content (AvgIpc) is 3.32. The van der Waals surface area contributed by atoms with Gasteiger partial charge < -0.3 is 4.74 Å². The molecule has 4 aromatic rings. The van der Waals surface area contributed by atoms with Crippen molar-refractivity contribution in [2.24, 2.45) is 5.10 Å². The molecule has 0 aliphatic rings. The van der Waals surface area contributed by atoms with Crippen molar-refractivity contribution in [2.45, 2.75) is 6.61 Å². The zero-order valence-corrected chi connectivity index (χ0v) is 17.0. The first-order chi connectivity index (χ1) is 14.8. The lowest BCUT2D eigenvalue weighted by atomic mass is 10.0. The summed E-state index contributed by atoms with van der Waals surface area (Å²) in [5.41, 5.74) is 6.24. The fraction of sp³-hybridized carbons (Fsp3) is 0.0400. The summed E-state index contributed by atoms with van der Waals surface area (Å²) >= 11 is 1.56. The molecule has 0 aliphatic heterocycles. The van der Waals surface area contributed by atoms with E-state index >= 15 is 0 Å². The lowest BCUT2D eigenvalue weighted by molar-refractivity contribution is 0.0955. The van der Waals surface area contributed by atoms with Crippen LogP contribution >= 0.6 is 11.3 Å². The fourth-order valence-corrected chi connectivity index (χ4v) is 3.53. The lowest BCUT2D eigenvalue weighted by Gasteiger charge is -2.12. The number of para-hydroxylation sites is 1. The van der Waals surface area contributed by atoms with Crippen molar-refractivity contribution in [3.05, 3.63) is 112 Å². The standard InChI is InChI=1S/C25H20N2O2S/c28-25(27-26-17-22-9-6-16-30-22)21-14-12-19(13-15-21)18-29-24-11-5-4-10-23(24)20-7-2-1-3-8-20/h1-17H,18H2,(H,27,28)/b26-17+. The zero-order valence-electron chi connectivity index (χ0n) is 16.2. The average molecular weight is 413 g/mol. The van der Waals surface area contributed by atoms with Gasteiger partial charge in [0.2, 0.25) is 0 Å². The van der Waals surface area contributed by atoms with Crippen molar-refractivity contribution in [1.82, 2.24) is 5.43 Å². The number of carbonyl (C=O) groups excluding carboxylic acids is 1. The van der Waals surface area contributed by atoms with Crippen LogP contribution in [0.4, 0.5) is 0 Å². The van der Waals surface area contributed by atoms with E-state index in [2.05, 4.69) is 28.7 Å². The first-order valence-corrected chi connectivity index (χ1v) is 10.4. The van der Waals surface area contributed by atoms with E-state index in [0.29, 0.717) is 12.2 Å². The van der Waals surface area contributed by atoms with Crippen LogP contribution in [0, 0.1) is 0 Å². The summed E-state index contributed by atoms with van der Waals surface area (Å²) < 4.78 is 6.06. The molecule has 4 nitrogen and oxygen atoms in total. The Morgan fingerprint density at radius 3 is 2.43 bits per heavy atom. The number of nitrogens with zero attached hydrogens (tertiary/aromatic N) is 1. The van der Waals surface area contributed by atoms with E-state index in [1.807, 2.05) is 66.0 Å². The maximum Gasteiger partial charge on any atom is 0.271 e. The first kappa shape index (κ1) is 19.6. The zero-order chi connectivity index (χ0) is 20.6. The molecule has 0 saturated heterocycles. The van der Waals surface area contributed by atoms with Gasteiger partial charge in [-0.3, -0.25) is 4.79 Å². The number of hydrazone groups is 1. The number of nitrogens with one attached hydrogen (secondary N) is 1. The molecule has 0 unspecified atom stereocenters. The van der Waals surface area contributed by atoms with Crippen molar-refractivity contribution in [3.63, 3.8) is 0 Å². The highest BCUT2D eigenvalue weighted by atomic mass is 32.1. The van der Waals surface area contributed by atoms with Crippen molar-refractivity contribution in [1.29, 1.82) is 0 Å². The van der Waals surface area contributed by atoms with Gasteiger partial charge in [-0.2, -0.15) is 5.10 Å². The van der Waals surface area contributed by atoms with Gasteiger partial charge in [-0.15, -0.1) is 11.3 Å². The quantitative estimate of drug-likeness (QED) is 0.310. The predicted octanol–water partition coefficient (Wildman–Crippen LogP) is 5.76. The maximum absolute atomic E-state index is 12.2. The van der Waals surface area contributed by atoms with Gasteiger partial charge in [0.15, 0.2) is 0 Å². The molecule has 3 aromatic carbocycles. The van der Waals surface area contributed by atoms with Gasteiger partial charge in [0, 0.05) is 16.0 Å². The Morgan fingerprint density at radius 2 is 1.67 bits per heavy atom. The number of benzene rings is 3. The fourth-order valence-electron chi connectivity index (χ4n) is 2.95. The van der Waals surface area contributed by atoms with Crippen LogP contribution in [-0.4, -0.2) is 12.1 Å². The molecule has 1 aromatic heterocycles. The lowest BCUT2D eigenvalue weighted by Crippen LogP contribution is -2.17. The molecule has 0 atom stereocenters. The number of hydrogen-bond donors (Lipinski definition) is 1. The molecule has 30 heavy (non-hydrogen) atoms. The van der Waals surface area contributed by atoms with E-state index in [1.165, 1.54) is 0 Å². The summed E-state index contributed by atoms with van der Waals surface area (Å²) in [6.45, 7) is 0.419. The Balaban J connectivity index is 1.37. The van der Waals surface area contributed by atoms with Crippen LogP contribution in [0.15, 0.2) is 101 Å². The van der Waals surface area contributed by atoms with Crippen LogP contribution in [0.25, 0.3) is 11.1 Å². The Hall–Kier alpha value is -3.70. The number of thiophene rings is 1. The molecular formula is C25H20N2O2S. The highest BCUT2D eigenvalue weighted by Crippen LogP contribution is 2.30. The summed E-state index contributed by atoms with van der Waals surface area (Å²) in [5.74, 6) is 0.582. The molecule has 0 bridgehead atoms. The van der Waals surface area contributed by atoms with E-state index in [-0.39, 0.29) is 5.91 Å². The third-order valence-electron chi connectivity index (χ3n) is 4.48. The summed E-state index contributed by atoms with van der Waals surface area (Å²) in [6.07, 6.45) is 1.63. The Kier molecular flexibility index (Phi) is 6.32. The van der Waals surface area contributed by atoms with E-state index in [9.17, 15) is 4.79 Å². The third kappa shape index (κ3) is 5.01. The van der Waals surface area contributed by atoms with Gasteiger partial charge >= 0.3 is 0 Å². The van der Waals surface area contributed by atoms with E-state index in [0.717, 1.165) is 27.3 Å². The smallest absolute Gasteiger partial charge is 0.271 e. The Labute approximate surface area is 179 Å². The molecule has 1 N–H and O–H groups in total. The van der Waals surface area contributed by atoms with Gasteiger partial charge in [0.25, 0.3) is 5.91 Å². The number of amides is 1. The van der Waals surface area contributed by atoms with E-state index < -0.39 is 0 Å². The molecule has 0 saturated carbocycles. The SMILES string of the molecule is O=C(N/N=C/c1cccs1)c1ccc(COc2ccccc2-c2ccccc2)cc1. The molecule has 5 heteroatoms. The van der Waals surface area contributed by atoms with E-state index in [4.69, 9.17) is 4.74 Å². The molecule has 1 heterocycles. The van der Waals surface area contributed by atoms with Crippen LogP contribution in [-0.2, 0) is 6.61 Å². The van der Waals surface area contributed by atoms with Gasteiger partial charge in [-0.1, -0.05) is 66.7 Å². The monoisotopic (exact) mass is 412 g/mol. The summed E-state index contributed by atoms with van der Waals surface area (Å²) in [4.78, 5) is 13.2. The van der Waals surface area contributed by atoms with Crippen LogP contribution in [0.3, 0.4) is 0 Å². The summed E-state index contributed by atoms with van der Waals surface area (Å²) in [7, 11) is 0. The van der Waals surface area contributed by atoms with Gasteiger partial charge in [-0.25, -0.2) is 5.43 Å². The van der Waals surface area contributed by atoms with Crippen LogP contribution in [0.2, 0.25) is 0 Å². The van der Waals surface area contributed by atoms with Crippen LogP contribution < -0.4 is 10.2 Å². The minimum absolute atomic E-state index is 0.246. The van der Waals surface area contributed by atoms with Crippen molar-refractivity contribution >= 4 is 23.5 Å². The summed E-state index contributed by atoms with van der Waals surface area (Å²) in [6, 6.07) is 29.4. The van der Waals surface area contributed by atoms with Crippen LogP contribution in [0.5, 0.6) is 5.75 Å². The van der Waals surface area contributed by atoms with Gasteiger partial charge in [0.05, 0.1) is 6.21 Å². The molecular weight excluding hydrogens is 392 g/mol. The number of rotatable bonds is 7. The second-order valence-electron chi connectivity index (χ2n) is 6.56. The van der Waals surface area contributed by atoms with Gasteiger partial charge in [-0.05, 0) is 40.8 Å². The van der Waals surface area contributed by atoms with Crippen LogP contribution in [0.1, 0.15) is 20.8 Å². The highest BCUT2D eigenvalue weighted by molar-refractivity contribution is 7.11. The van der Waals surface area contributed by atoms with Crippen molar-refractivity contribution < 1.29 is 9.53 Å². The normalized spacial score (nSPS) is 10.8. The largest absolute Gasteiger partial charge is 0.488 e. The first-order valence-electron chi connectivity index (χ1n) is 9.53. The number of hydrogen-bond acceptors (Lipinski definition) is 4. The van der Waals surface area contributed by atoms with Gasteiger partial charge in [0.1, 0.15) is 12.4 Å². The highest BCUT2D eigenvalue weighted by Gasteiger charge is 2.07. The van der Waals surface area contributed by atoms with Crippen molar-refractivity contribution in [2.75, 3.05) is 0 Å². The second kappa shape index (κ2) is 9.67. The van der Waals surface area contributed by atoms with Crippen molar-refractivity contribution in [3.8, 4) is 16.9 Å². The molecule has 1 amide bonds. The van der Waals surface area contributed by atoms with E-state index in [1.54, 1.807) is 29.7 Å². The topological polar surface area (TPSA) is 50.7 Å². The molecule has 0 aliphatic carbocycles. The number of ether oxygens (including phenoxy) is 1. The number of carbonyl (C=O) groups is 1. The Morgan fingerprint density at radius 1 is 0.900 bits per heavy atom. The molecule has 0 fully saturated rings.